The summed E-state index contributed by atoms with van der Waals surface area (Å²) in [6.07, 6.45) is -4.46. The van der Waals surface area contributed by atoms with Crippen LogP contribution in [0.4, 0.5) is 18.9 Å². The zero-order chi connectivity index (χ0) is 19.0. The SMILES string of the molecule is COC(F)(F)F.Cc1ccc(C)c(OCc2ccccc2[N+](=O)[O-])n1. The predicted molar refractivity (Wildman–Crippen MR) is 84.2 cm³/mol. The summed E-state index contributed by atoms with van der Waals surface area (Å²) in [7, 11) is 0.583. The van der Waals surface area contributed by atoms with Crippen molar-refractivity contribution in [2.24, 2.45) is 0 Å². The van der Waals surface area contributed by atoms with Crippen molar-refractivity contribution in [2.75, 3.05) is 7.11 Å². The Bertz CT molecular complexity index is 721. The van der Waals surface area contributed by atoms with Crippen LogP contribution in [0.25, 0.3) is 0 Å². The van der Waals surface area contributed by atoms with Crippen LogP contribution in [0.5, 0.6) is 5.88 Å². The van der Waals surface area contributed by atoms with Crippen LogP contribution in [0.3, 0.4) is 0 Å². The van der Waals surface area contributed by atoms with Crippen molar-refractivity contribution >= 4 is 5.69 Å². The highest BCUT2D eigenvalue weighted by atomic mass is 19.4. The first-order valence-corrected chi connectivity index (χ1v) is 7.05. The van der Waals surface area contributed by atoms with Crippen molar-refractivity contribution in [1.29, 1.82) is 0 Å². The third kappa shape index (κ3) is 7.17. The van der Waals surface area contributed by atoms with Crippen LogP contribution >= 0.6 is 0 Å². The molecule has 1 aromatic heterocycles. The fourth-order valence-corrected chi connectivity index (χ4v) is 1.71. The number of aromatic nitrogens is 1. The largest absolute Gasteiger partial charge is 0.522 e. The highest BCUT2D eigenvalue weighted by molar-refractivity contribution is 5.39. The molecule has 2 rings (SSSR count). The normalized spacial score (nSPS) is 10.6. The van der Waals surface area contributed by atoms with Crippen molar-refractivity contribution in [2.45, 2.75) is 26.8 Å². The molecule has 0 N–H and O–H groups in total. The molecule has 0 saturated carbocycles. The predicted octanol–water partition coefficient (Wildman–Crippen LogP) is 4.34. The van der Waals surface area contributed by atoms with Gasteiger partial charge in [-0.15, -0.1) is 13.2 Å². The quantitative estimate of drug-likeness (QED) is 0.600. The van der Waals surface area contributed by atoms with E-state index < -0.39 is 11.3 Å². The average Bonchev–Trinajstić information content (AvgIpc) is 2.56. The molecule has 0 bridgehead atoms. The molecule has 6 nitrogen and oxygen atoms in total. The molecule has 0 fully saturated rings. The highest BCUT2D eigenvalue weighted by Crippen LogP contribution is 2.21. The van der Waals surface area contributed by atoms with Crippen LogP contribution in [0, 0.1) is 24.0 Å². The Balaban J connectivity index is 0.000000450. The zero-order valence-corrected chi connectivity index (χ0v) is 13.8. The van der Waals surface area contributed by atoms with Gasteiger partial charge in [0.2, 0.25) is 5.88 Å². The molecule has 25 heavy (non-hydrogen) atoms. The monoisotopic (exact) mass is 358 g/mol. The molecular weight excluding hydrogens is 341 g/mol. The van der Waals surface area contributed by atoms with E-state index in [4.69, 9.17) is 4.74 Å². The number of nitrogens with zero attached hydrogens (tertiary/aromatic N) is 2. The molecular formula is C16H17F3N2O4. The Kier molecular flexibility index (Phi) is 7.31. The van der Waals surface area contributed by atoms with E-state index in [2.05, 4.69) is 9.72 Å². The lowest BCUT2D eigenvalue weighted by Gasteiger charge is -2.09. The molecule has 2 aromatic rings. The molecule has 0 amide bonds. The topological polar surface area (TPSA) is 74.5 Å². The maximum Gasteiger partial charge on any atom is 0.522 e. The number of methoxy groups -OCH3 is 1. The van der Waals surface area contributed by atoms with Gasteiger partial charge >= 0.3 is 6.36 Å². The van der Waals surface area contributed by atoms with Crippen LogP contribution in [0.1, 0.15) is 16.8 Å². The summed E-state index contributed by atoms with van der Waals surface area (Å²) in [5.41, 5.74) is 2.36. The first-order valence-electron chi connectivity index (χ1n) is 7.05. The molecule has 0 aliphatic heterocycles. The van der Waals surface area contributed by atoms with E-state index in [1.165, 1.54) is 6.07 Å². The van der Waals surface area contributed by atoms with E-state index in [-0.39, 0.29) is 12.3 Å². The molecule has 0 atom stereocenters. The smallest absolute Gasteiger partial charge is 0.472 e. The lowest BCUT2D eigenvalue weighted by molar-refractivity contribution is -0.385. The second-order valence-electron chi connectivity index (χ2n) is 4.90. The summed E-state index contributed by atoms with van der Waals surface area (Å²) in [5, 5.41) is 10.9. The maximum absolute atomic E-state index is 10.9. The fourth-order valence-electron chi connectivity index (χ4n) is 1.71. The molecule has 1 heterocycles. The number of alkyl halides is 3. The van der Waals surface area contributed by atoms with Gasteiger partial charge in [0.15, 0.2) is 0 Å². The zero-order valence-electron chi connectivity index (χ0n) is 13.8. The lowest BCUT2D eigenvalue weighted by atomic mass is 10.2. The van der Waals surface area contributed by atoms with Crippen molar-refractivity contribution in [3.05, 3.63) is 63.3 Å². The van der Waals surface area contributed by atoms with Gasteiger partial charge < -0.3 is 4.74 Å². The average molecular weight is 358 g/mol. The molecule has 0 spiro atoms. The molecule has 0 unspecified atom stereocenters. The number of benzene rings is 1. The number of nitro groups is 1. The minimum absolute atomic E-state index is 0.0628. The Hall–Kier alpha value is -2.68. The molecule has 0 aliphatic rings. The summed E-state index contributed by atoms with van der Waals surface area (Å²) in [5.74, 6) is 0.512. The van der Waals surface area contributed by atoms with Gasteiger partial charge in [-0.25, -0.2) is 4.98 Å². The Morgan fingerprint density at radius 2 is 1.76 bits per heavy atom. The van der Waals surface area contributed by atoms with E-state index in [0.717, 1.165) is 11.3 Å². The molecule has 136 valence electrons. The van der Waals surface area contributed by atoms with Gasteiger partial charge in [-0.2, -0.15) is 0 Å². The van der Waals surface area contributed by atoms with Crippen molar-refractivity contribution in [3.8, 4) is 5.88 Å². The number of nitro benzene ring substituents is 1. The van der Waals surface area contributed by atoms with Crippen molar-refractivity contribution in [3.63, 3.8) is 0 Å². The van der Waals surface area contributed by atoms with Gasteiger partial charge in [-0.3, -0.25) is 14.9 Å². The van der Waals surface area contributed by atoms with Gasteiger partial charge in [0.05, 0.1) is 10.5 Å². The second kappa shape index (κ2) is 8.97. The number of hydrogen-bond acceptors (Lipinski definition) is 5. The number of rotatable bonds is 4. The number of para-hydroxylation sites is 1. The van der Waals surface area contributed by atoms with Gasteiger partial charge in [-0.1, -0.05) is 18.2 Å². The highest BCUT2D eigenvalue weighted by Gasteiger charge is 2.25. The third-order valence-corrected chi connectivity index (χ3v) is 2.97. The van der Waals surface area contributed by atoms with Crippen molar-refractivity contribution < 1.29 is 27.6 Å². The number of aryl methyl sites for hydroxylation is 2. The number of ether oxygens (including phenoxy) is 2. The van der Waals surface area contributed by atoms with Crippen LogP contribution in [-0.4, -0.2) is 23.4 Å². The second-order valence-corrected chi connectivity index (χ2v) is 4.90. The first kappa shape index (κ1) is 20.4. The molecule has 0 aliphatic carbocycles. The molecule has 0 radical (unpaired) electrons. The maximum atomic E-state index is 10.9. The Morgan fingerprint density at radius 1 is 1.16 bits per heavy atom. The number of pyridine rings is 1. The molecule has 1 aromatic carbocycles. The van der Waals surface area contributed by atoms with Gasteiger partial charge in [-0.05, 0) is 26.0 Å². The van der Waals surface area contributed by atoms with Gasteiger partial charge in [0.25, 0.3) is 5.69 Å². The standard InChI is InChI=1S/C14H14N2O3.C2H3F3O/c1-10-7-8-11(2)15-14(10)19-9-12-5-3-4-6-13(12)16(17)18;1-6-2(3,4)5/h3-8H,9H2,1-2H3;1H3. The number of hydrogen-bond donors (Lipinski definition) is 0. The van der Waals surface area contributed by atoms with Crippen LogP contribution in [0.15, 0.2) is 36.4 Å². The summed E-state index contributed by atoms with van der Waals surface area (Å²) in [6, 6.07) is 10.3. The summed E-state index contributed by atoms with van der Waals surface area (Å²) < 4.78 is 40.2. The van der Waals surface area contributed by atoms with Crippen LogP contribution in [-0.2, 0) is 11.3 Å². The first-order chi connectivity index (χ1) is 11.6. The molecule has 9 heteroatoms. The van der Waals surface area contributed by atoms with E-state index in [1.54, 1.807) is 18.2 Å². The summed E-state index contributed by atoms with van der Waals surface area (Å²) in [4.78, 5) is 14.8. The lowest BCUT2D eigenvalue weighted by Crippen LogP contribution is -2.08. The van der Waals surface area contributed by atoms with E-state index >= 15 is 0 Å². The van der Waals surface area contributed by atoms with Crippen LogP contribution in [0.2, 0.25) is 0 Å². The minimum Gasteiger partial charge on any atom is -0.472 e. The number of halogens is 3. The minimum atomic E-state index is -4.46. The summed E-state index contributed by atoms with van der Waals surface area (Å²) in [6.45, 7) is 3.90. The summed E-state index contributed by atoms with van der Waals surface area (Å²) >= 11 is 0. The van der Waals surface area contributed by atoms with E-state index in [0.29, 0.717) is 18.6 Å². The third-order valence-electron chi connectivity index (χ3n) is 2.97. The van der Waals surface area contributed by atoms with E-state index in [9.17, 15) is 23.3 Å². The molecule has 0 saturated heterocycles. The Morgan fingerprint density at radius 3 is 2.32 bits per heavy atom. The van der Waals surface area contributed by atoms with E-state index in [1.807, 2.05) is 26.0 Å². The fraction of sp³-hybridized carbons (Fsp3) is 0.312. The van der Waals surface area contributed by atoms with Crippen molar-refractivity contribution in [1.82, 2.24) is 4.98 Å². The van der Waals surface area contributed by atoms with Crippen LogP contribution < -0.4 is 4.74 Å². The van der Waals surface area contributed by atoms with Gasteiger partial charge in [0, 0.05) is 24.4 Å². The Labute approximate surface area is 142 Å². The van der Waals surface area contributed by atoms with Gasteiger partial charge in [0.1, 0.15) is 6.61 Å².